The van der Waals surface area contributed by atoms with Crippen LogP contribution < -0.4 is 14.4 Å². The topological polar surface area (TPSA) is 54.9 Å². The fraction of sp³-hybridized carbons (Fsp3) is 0.417. The van der Waals surface area contributed by atoms with E-state index in [4.69, 9.17) is 14.5 Å². The molecule has 0 unspecified atom stereocenters. The molecule has 0 aliphatic carbocycles. The molecule has 180 valence electrons. The lowest BCUT2D eigenvalue weighted by molar-refractivity contribution is -0.118. The highest BCUT2D eigenvalue weighted by atomic mass is 35.5. The second-order valence-electron chi connectivity index (χ2n) is 7.16. The number of rotatable bonds is 12. The third-order valence-electron chi connectivity index (χ3n) is 5.28. The third kappa shape index (κ3) is 7.24. The first-order valence-corrected chi connectivity index (χ1v) is 12.6. The fourth-order valence-corrected chi connectivity index (χ4v) is 5.26. The average Bonchev–Trinajstić information content (AvgIpc) is 3.23. The normalized spacial score (nSPS) is 10.8. The molecule has 0 fully saturated rings. The van der Waals surface area contributed by atoms with Crippen LogP contribution in [0.15, 0.2) is 47.4 Å². The van der Waals surface area contributed by atoms with Gasteiger partial charge >= 0.3 is 0 Å². The first-order valence-electron chi connectivity index (χ1n) is 10.8. The molecule has 6 nitrogen and oxygen atoms in total. The van der Waals surface area contributed by atoms with Crippen LogP contribution in [0.1, 0.15) is 20.3 Å². The molecular formula is C24H32ClN3O3S2. The maximum absolute atomic E-state index is 13.3. The van der Waals surface area contributed by atoms with Crippen LogP contribution in [0.3, 0.4) is 0 Å². The number of amides is 1. The van der Waals surface area contributed by atoms with E-state index < -0.39 is 0 Å². The van der Waals surface area contributed by atoms with Gasteiger partial charge in [-0.1, -0.05) is 43.4 Å². The van der Waals surface area contributed by atoms with E-state index in [9.17, 15) is 4.79 Å². The summed E-state index contributed by atoms with van der Waals surface area (Å²) in [5.41, 5.74) is 0.807. The van der Waals surface area contributed by atoms with E-state index in [1.165, 1.54) is 16.2 Å². The van der Waals surface area contributed by atoms with E-state index in [2.05, 4.69) is 30.9 Å². The molecule has 1 aromatic heterocycles. The molecule has 9 heteroatoms. The quantitative estimate of drug-likeness (QED) is 0.296. The number of carbonyl (C=O) groups is 1. The van der Waals surface area contributed by atoms with Crippen LogP contribution in [0, 0.1) is 0 Å². The van der Waals surface area contributed by atoms with Crippen LogP contribution >= 0.6 is 35.5 Å². The molecular weight excluding hydrogens is 478 g/mol. The number of benzene rings is 2. The average molecular weight is 510 g/mol. The number of methoxy groups -OCH3 is 2. The van der Waals surface area contributed by atoms with Crippen LogP contribution in [0.4, 0.5) is 5.13 Å². The first-order chi connectivity index (χ1) is 15.6. The monoisotopic (exact) mass is 509 g/mol. The van der Waals surface area contributed by atoms with Crippen molar-refractivity contribution in [2.45, 2.75) is 25.2 Å². The summed E-state index contributed by atoms with van der Waals surface area (Å²) < 4.78 is 11.8. The van der Waals surface area contributed by atoms with Gasteiger partial charge in [-0.2, -0.15) is 0 Å². The van der Waals surface area contributed by atoms with Crippen LogP contribution in [0.25, 0.3) is 10.2 Å². The third-order valence-corrected chi connectivity index (χ3v) is 7.33. The summed E-state index contributed by atoms with van der Waals surface area (Å²) >= 11 is 3.21. The van der Waals surface area contributed by atoms with E-state index in [0.29, 0.717) is 24.5 Å². The second-order valence-corrected chi connectivity index (χ2v) is 9.33. The zero-order valence-electron chi connectivity index (χ0n) is 19.6. The standard InChI is InChI=1S/C24H31N3O3S2.ClH/c1-5-26(6-2)13-14-27(23(28)12-15-31-18-10-8-7-9-11-18)24-25-19-16-20(29-3)21(30-4)17-22(19)32-24;/h7-11,16-17H,5-6,12-15H2,1-4H3;1H. The van der Waals surface area contributed by atoms with Crippen molar-refractivity contribution in [3.63, 3.8) is 0 Å². The Kier molecular flexibility index (Phi) is 11.3. The zero-order chi connectivity index (χ0) is 22.9. The molecule has 0 saturated carbocycles. The van der Waals surface area contributed by atoms with Gasteiger partial charge in [0.15, 0.2) is 16.6 Å². The largest absolute Gasteiger partial charge is 0.493 e. The molecule has 0 aliphatic rings. The number of likely N-dealkylation sites (N-methyl/N-ethyl adjacent to an activating group) is 1. The van der Waals surface area contributed by atoms with Crippen molar-refractivity contribution in [3.8, 4) is 11.5 Å². The van der Waals surface area contributed by atoms with Gasteiger partial charge in [0.1, 0.15) is 0 Å². The number of hydrogen-bond acceptors (Lipinski definition) is 7. The van der Waals surface area contributed by atoms with Gasteiger partial charge in [-0.05, 0) is 25.2 Å². The van der Waals surface area contributed by atoms with E-state index in [0.717, 1.165) is 40.7 Å². The molecule has 0 radical (unpaired) electrons. The lowest BCUT2D eigenvalue weighted by Gasteiger charge is -2.24. The molecule has 33 heavy (non-hydrogen) atoms. The smallest absolute Gasteiger partial charge is 0.229 e. The van der Waals surface area contributed by atoms with E-state index in [1.807, 2.05) is 35.2 Å². The summed E-state index contributed by atoms with van der Waals surface area (Å²) in [6, 6.07) is 14.0. The summed E-state index contributed by atoms with van der Waals surface area (Å²) in [6.45, 7) is 7.62. The number of nitrogens with zero attached hydrogens (tertiary/aromatic N) is 3. The molecule has 0 spiro atoms. The number of thioether (sulfide) groups is 1. The zero-order valence-corrected chi connectivity index (χ0v) is 22.0. The first kappa shape index (κ1) is 27.2. The summed E-state index contributed by atoms with van der Waals surface area (Å²) in [7, 11) is 3.23. The lowest BCUT2D eigenvalue weighted by atomic mass is 10.3. The Morgan fingerprint density at radius 1 is 1.03 bits per heavy atom. The molecule has 1 heterocycles. The van der Waals surface area contributed by atoms with Crippen molar-refractivity contribution < 1.29 is 14.3 Å². The van der Waals surface area contributed by atoms with Gasteiger partial charge in [0.05, 0.1) is 24.4 Å². The minimum Gasteiger partial charge on any atom is -0.493 e. The molecule has 0 bridgehead atoms. The van der Waals surface area contributed by atoms with Gasteiger partial charge in [-0.25, -0.2) is 4.98 Å². The van der Waals surface area contributed by atoms with E-state index in [-0.39, 0.29) is 18.3 Å². The summed E-state index contributed by atoms with van der Waals surface area (Å²) in [6.07, 6.45) is 0.459. The van der Waals surface area contributed by atoms with Crippen LogP contribution in [0.5, 0.6) is 11.5 Å². The van der Waals surface area contributed by atoms with E-state index in [1.54, 1.807) is 26.0 Å². The Labute approximate surface area is 210 Å². The maximum atomic E-state index is 13.3. The Bertz CT molecular complexity index is 972. The van der Waals surface area contributed by atoms with Crippen molar-refractivity contribution >= 4 is 56.8 Å². The number of aromatic nitrogens is 1. The summed E-state index contributed by atoms with van der Waals surface area (Å²) in [5, 5.41) is 0.720. The predicted molar refractivity (Wildman–Crippen MR) is 142 cm³/mol. The highest BCUT2D eigenvalue weighted by molar-refractivity contribution is 7.99. The number of thiazole rings is 1. The van der Waals surface area contributed by atoms with Gasteiger partial charge in [0.25, 0.3) is 0 Å². The van der Waals surface area contributed by atoms with Crippen molar-refractivity contribution in [2.75, 3.05) is 51.1 Å². The Morgan fingerprint density at radius 2 is 1.70 bits per heavy atom. The van der Waals surface area contributed by atoms with Crippen LogP contribution in [-0.4, -0.2) is 61.9 Å². The number of hydrogen-bond donors (Lipinski definition) is 0. The predicted octanol–water partition coefficient (Wildman–Crippen LogP) is 5.59. The maximum Gasteiger partial charge on any atom is 0.229 e. The summed E-state index contributed by atoms with van der Waals surface area (Å²) in [4.78, 5) is 23.4. The fourth-order valence-electron chi connectivity index (χ4n) is 3.37. The van der Waals surface area contributed by atoms with Crippen molar-refractivity contribution in [1.29, 1.82) is 0 Å². The molecule has 0 atom stereocenters. The minimum atomic E-state index is 0. The molecule has 3 rings (SSSR count). The van der Waals surface area contributed by atoms with E-state index >= 15 is 0 Å². The van der Waals surface area contributed by atoms with Crippen molar-refractivity contribution in [2.24, 2.45) is 0 Å². The number of halogens is 1. The molecule has 3 aromatic rings. The summed E-state index contributed by atoms with van der Waals surface area (Å²) in [5.74, 6) is 2.13. The van der Waals surface area contributed by atoms with Crippen LogP contribution in [0.2, 0.25) is 0 Å². The van der Waals surface area contributed by atoms with Gasteiger partial charge in [-0.3, -0.25) is 9.69 Å². The lowest BCUT2D eigenvalue weighted by Crippen LogP contribution is -2.39. The van der Waals surface area contributed by atoms with Gasteiger partial charge in [0, 0.05) is 42.3 Å². The van der Waals surface area contributed by atoms with Gasteiger partial charge in [-0.15, -0.1) is 24.2 Å². The Morgan fingerprint density at radius 3 is 2.33 bits per heavy atom. The second kappa shape index (κ2) is 13.6. The molecule has 0 N–H and O–H groups in total. The highest BCUT2D eigenvalue weighted by Gasteiger charge is 2.21. The number of anilines is 1. The minimum absolute atomic E-state index is 0. The van der Waals surface area contributed by atoms with Crippen molar-refractivity contribution in [1.82, 2.24) is 9.88 Å². The number of ether oxygens (including phenoxy) is 2. The van der Waals surface area contributed by atoms with Crippen LogP contribution in [-0.2, 0) is 4.79 Å². The molecule has 1 amide bonds. The Balaban J connectivity index is 0.00000385. The molecule has 2 aromatic carbocycles. The Hall–Kier alpha value is -2.00. The number of fused-ring (bicyclic) bond motifs is 1. The van der Waals surface area contributed by atoms with Gasteiger partial charge in [0.2, 0.25) is 5.91 Å². The van der Waals surface area contributed by atoms with Gasteiger partial charge < -0.3 is 14.4 Å². The molecule has 0 saturated heterocycles. The highest BCUT2D eigenvalue weighted by Crippen LogP contribution is 2.37. The van der Waals surface area contributed by atoms with Crippen molar-refractivity contribution in [3.05, 3.63) is 42.5 Å². The molecule has 0 aliphatic heterocycles. The number of carbonyl (C=O) groups excluding carboxylic acids is 1. The SMILES string of the molecule is CCN(CC)CCN(C(=O)CCSc1ccccc1)c1nc2cc(OC)c(OC)cc2s1.Cl.